The van der Waals surface area contributed by atoms with Crippen LogP contribution in [-0.2, 0) is 0 Å². The molecule has 0 saturated carbocycles. The van der Waals surface area contributed by atoms with Gasteiger partial charge in [-0.2, -0.15) is 0 Å². The van der Waals surface area contributed by atoms with Crippen molar-refractivity contribution in [2.75, 3.05) is 6.61 Å². The molecule has 0 N–H and O–H groups in total. The summed E-state index contributed by atoms with van der Waals surface area (Å²) in [4.78, 5) is 0. The smallest absolute Gasteiger partial charge is 0.145 e. The first kappa shape index (κ1) is 12.3. The first-order chi connectivity index (χ1) is 7.24. The van der Waals surface area contributed by atoms with Crippen LogP contribution in [0.15, 0.2) is 18.2 Å². The molecule has 84 valence electrons. The van der Waals surface area contributed by atoms with Crippen molar-refractivity contribution in [1.29, 1.82) is 0 Å². The summed E-state index contributed by atoms with van der Waals surface area (Å²) in [5, 5.41) is 0.133. The molecule has 0 bridgehead atoms. The van der Waals surface area contributed by atoms with E-state index in [1.165, 1.54) is 25.0 Å². The maximum Gasteiger partial charge on any atom is 0.145 e. The van der Waals surface area contributed by atoms with Crippen LogP contribution >= 0.6 is 11.6 Å². The van der Waals surface area contributed by atoms with Crippen LogP contribution in [0.4, 0.5) is 4.39 Å². The molecule has 0 saturated heterocycles. The number of ether oxygens (including phenoxy) is 1. The summed E-state index contributed by atoms with van der Waals surface area (Å²) < 4.78 is 18.4. The zero-order valence-electron chi connectivity index (χ0n) is 8.93. The first-order valence-electron chi connectivity index (χ1n) is 5.32. The summed E-state index contributed by atoms with van der Waals surface area (Å²) in [5.74, 6) is 0.121. The molecule has 0 aliphatic heterocycles. The fourth-order valence-electron chi connectivity index (χ4n) is 1.29. The highest BCUT2D eigenvalue weighted by molar-refractivity contribution is 6.30. The van der Waals surface area contributed by atoms with Crippen molar-refractivity contribution in [3.63, 3.8) is 0 Å². The second-order valence-electron chi connectivity index (χ2n) is 3.49. The van der Waals surface area contributed by atoms with E-state index in [1.807, 2.05) is 0 Å². The van der Waals surface area contributed by atoms with Crippen LogP contribution in [0, 0.1) is 5.82 Å². The lowest BCUT2D eigenvalue weighted by atomic mass is 10.2. The lowest BCUT2D eigenvalue weighted by Crippen LogP contribution is -1.97. The van der Waals surface area contributed by atoms with Gasteiger partial charge in [0.05, 0.1) is 11.6 Å². The van der Waals surface area contributed by atoms with E-state index in [-0.39, 0.29) is 5.02 Å². The fraction of sp³-hybridized carbons (Fsp3) is 0.500. The lowest BCUT2D eigenvalue weighted by Gasteiger charge is -2.06. The monoisotopic (exact) mass is 230 g/mol. The van der Waals surface area contributed by atoms with Gasteiger partial charge in [-0.25, -0.2) is 4.39 Å². The number of halogens is 2. The van der Waals surface area contributed by atoms with Gasteiger partial charge in [-0.3, -0.25) is 0 Å². The molecule has 0 spiro atoms. The van der Waals surface area contributed by atoms with Gasteiger partial charge in [0, 0.05) is 6.07 Å². The number of rotatable bonds is 6. The van der Waals surface area contributed by atoms with Gasteiger partial charge in [0.15, 0.2) is 0 Å². The molecular weight excluding hydrogens is 215 g/mol. The molecule has 0 aliphatic carbocycles. The van der Waals surface area contributed by atoms with Crippen LogP contribution < -0.4 is 4.74 Å². The Balaban J connectivity index is 2.28. The van der Waals surface area contributed by atoms with Gasteiger partial charge >= 0.3 is 0 Å². The molecule has 0 unspecified atom stereocenters. The maximum atomic E-state index is 13.0. The fourth-order valence-corrected chi connectivity index (χ4v) is 1.40. The number of benzene rings is 1. The van der Waals surface area contributed by atoms with Gasteiger partial charge in [0.2, 0.25) is 0 Å². The summed E-state index contributed by atoms with van der Waals surface area (Å²) in [7, 11) is 0. The Morgan fingerprint density at radius 3 is 2.73 bits per heavy atom. The van der Waals surface area contributed by atoms with E-state index < -0.39 is 5.82 Å². The summed E-state index contributed by atoms with van der Waals surface area (Å²) in [5.41, 5.74) is 0. The average molecular weight is 231 g/mol. The predicted octanol–water partition coefficient (Wildman–Crippen LogP) is 4.44. The van der Waals surface area contributed by atoms with Gasteiger partial charge in [-0.05, 0) is 18.6 Å². The van der Waals surface area contributed by atoms with Gasteiger partial charge in [0.25, 0.3) is 0 Å². The third-order valence-electron chi connectivity index (χ3n) is 2.16. The van der Waals surface area contributed by atoms with Crippen molar-refractivity contribution in [1.82, 2.24) is 0 Å². The zero-order valence-corrected chi connectivity index (χ0v) is 9.69. The molecule has 1 aromatic rings. The molecule has 15 heavy (non-hydrogen) atoms. The summed E-state index contributed by atoms with van der Waals surface area (Å²) in [6.45, 7) is 2.80. The summed E-state index contributed by atoms with van der Waals surface area (Å²) in [6.07, 6.45) is 4.60. The lowest BCUT2D eigenvalue weighted by molar-refractivity contribution is 0.303. The van der Waals surface area contributed by atoms with E-state index in [4.69, 9.17) is 16.3 Å². The number of hydrogen-bond donors (Lipinski definition) is 0. The molecule has 0 radical (unpaired) electrons. The maximum absolute atomic E-state index is 13.0. The van der Waals surface area contributed by atoms with Gasteiger partial charge < -0.3 is 4.74 Å². The molecule has 0 aliphatic rings. The molecule has 0 heterocycles. The highest BCUT2D eigenvalue weighted by Gasteiger charge is 2.01. The minimum absolute atomic E-state index is 0.133. The van der Waals surface area contributed by atoms with Gasteiger partial charge in [-0.1, -0.05) is 37.8 Å². The Morgan fingerprint density at radius 1 is 1.27 bits per heavy atom. The van der Waals surface area contributed by atoms with Gasteiger partial charge in [0.1, 0.15) is 11.6 Å². The van der Waals surface area contributed by atoms with E-state index in [0.717, 1.165) is 12.8 Å². The minimum Gasteiger partial charge on any atom is -0.493 e. The predicted molar refractivity (Wildman–Crippen MR) is 61.0 cm³/mol. The van der Waals surface area contributed by atoms with Crippen molar-refractivity contribution in [3.05, 3.63) is 29.0 Å². The van der Waals surface area contributed by atoms with E-state index in [1.54, 1.807) is 6.07 Å². The largest absolute Gasteiger partial charge is 0.493 e. The molecule has 0 atom stereocenters. The SMILES string of the molecule is CCCCCCOc1ccc(Cl)c(F)c1. The Labute approximate surface area is 95.2 Å². The van der Waals surface area contributed by atoms with Gasteiger partial charge in [-0.15, -0.1) is 0 Å². The molecule has 1 rings (SSSR count). The molecule has 0 amide bonds. The van der Waals surface area contributed by atoms with Crippen molar-refractivity contribution in [2.24, 2.45) is 0 Å². The molecule has 1 nitrogen and oxygen atoms in total. The summed E-state index contributed by atoms with van der Waals surface area (Å²) >= 11 is 5.55. The Kier molecular flexibility index (Phi) is 5.48. The van der Waals surface area contributed by atoms with Crippen LogP contribution in [-0.4, -0.2) is 6.61 Å². The second-order valence-corrected chi connectivity index (χ2v) is 3.89. The van der Waals surface area contributed by atoms with E-state index in [9.17, 15) is 4.39 Å². The van der Waals surface area contributed by atoms with E-state index >= 15 is 0 Å². The molecule has 0 fully saturated rings. The van der Waals surface area contributed by atoms with Crippen LogP contribution in [0.1, 0.15) is 32.6 Å². The average Bonchev–Trinajstić information content (AvgIpc) is 2.23. The quantitative estimate of drug-likeness (QED) is 0.657. The number of unbranched alkanes of at least 4 members (excludes halogenated alkanes) is 3. The normalized spacial score (nSPS) is 10.3. The van der Waals surface area contributed by atoms with Crippen LogP contribution in [0.2, 0.25) is 5.02 Å². The van der Waals surface area contributed by atoms with Crippen molar-refractivity contribution in [2.45, 2.75) is 32.6 Å². The van der Waals surface area contributed by atoms with Crippen molar-refractivity contribution >= 4 is 11.6 Å². The van der Waals surface area contributed by atoms with Crippen molar-refractivity contribution < 1.29 is 9.13 Å². The molecule has 1 aromatic carbocycles. The topological polar surface area (TPSA) is 9.23 Å². The standard InChI is InChI=1S/C12H16ClFO/c1-2-3-4-5-8-15-10-6-7-11(13)12(14)9-10/h6-7,9H,2-5,8H2,1H3. The van der Waals surface area contributed by atoms with Crippen molar-refractivity contribution in [3.8, 4) is 5.75 Å². The van der Waals surface area contributed by atoms with E-state index in [2.05, 4.69) is 6.92 Å². The molecule has 3 heteroatoms. The Bertz CT molecular complexity index is 302. The zero-order chi connectivity index (χ0) is 11.1. The third-order valence-corrected chi connectivity index (χ3v) is 2.46. The Hall–Kier alpha value is -0.760. The Morgan fingerprint density at radius 2 is 2.07 bits per heavy atom. The molecular formula is C12H16ClFO. The summed E-state index contributed by atoms with van der Waals surface area (Å²) in [6, 6.07) is 4.52. The first-order valence-corrected chi connectivity index (χ1v) is 5.69. The van der Waals surface area contributed by atoms with Crippen LogP contribution in [0.3, 0.4) is 0 Å². The molecule has 0 aromatic heterocycles. The van der Waals surface area contributed by atoms with E-state index in [0.29, 0.717) is 12.4 Å². The van der Waals surface area contributed by atoms with Crippen LogP contribution in [0.5, 0.6) is 5.75 Å². The minimum atomic E-state index is -0.428. The third kappa shape index (κ3) is 4.52. The highest BCUT2D eigenvalue weighted by Crippen LogP contribution is 2.20. The number of hydrogen-bond acceptors (Lipinski definition) is 1. The van der Waals surface area contributed by atoms with Crippen LogP contribution in [0.25, 0.3) is 0 Å². The second kappa shape index (κ2) is 6.67. The highest BCUT2D eigenvalue weighted by atomic mass is 35.5.